The van der Waals surface area contributed by atoms with Crippen molar-refractivity contribution < 1.29 is 4.52 Å². The molecule has 0 atom stereocenters. The standard InChI is InChI=1S/C20H18N6O/c1-13-18(14(2)27-26-13)19-17(15-6-9-21-10-7-15)12-24-20(25-19)23-11-16-5-3-4-8-22-16/h3-10,12H,11H2,1-2H3,(H,23,24,25). The Morgan fingerprint density at radius 1 is 1.00 bits per heavy atom. The number of hydrogen-bond donors (Lipinski definition) is 1. The zero-order chi connectivity index (χ0) is 18.6. The van der Waals surface area contributed by atoms with Gasteiger partial charge in [-0.1, -0.05) is 11.2 Å². The maximum Gasteiger partial charge on any atom is 0.223 e. The summed E-state index contributed by atoms with van der Waals surface area (Å²) in [6.45, 7) is 4.33. The first-order valence-corrected chi connectivity index (χ1v) is 8.57. The number of nitrogens with zero attached hydrogens (tertiary/aromatic N) is 5. The fourth-order valence-electron chi connectivity index (χ4n) is 2.89. The van der Waals surface area contributed by atoms with E-state index in [1.165, 1.54) is 0 Å². The molecule has 0 bridgehead atoms. The van der Waals surface area contributed by atoms with Gasteiger partial charge in [0.15, 0.2) is 0 Å². The Hall–Kier alpha value is -3.61. The van der Waals surface area contributed by atoms with Crippen LogP contribution in [0.4, 0.5) is 5.95 Å². The van der Waals surface area contributed by atoms with Gasteiger partial charge < -0.3 is 9.84 Å². The Labute approximate surface area is 156 Å². The lowest BCUT2D eigenvalue weighted by atomic mass is 10.0. The summed E-state index contributed by atoms with van der Waals surface area (Å²) >= 11 is 0. The highest BCUT2D eigenvalue weighted by atomic mass is 16.5. The predicted octanol–water partition coefficient (Wildman–Crippen LogP) is 3.82. The van der Waals surface area contributed by atoms with Gasteiger partial charge in [0, 0.05) is 30.4 Å². The summed E-state index contributed by atoms with van der Waals surface area (Å²) in [6, 6.07) is 9.65. The summed E-state index contributed by atoms with van der Waals surface area (Å²) in [7, 11) is 0. The monoisotopic (exact) mass is 358 g/mol. The van der Waals surface area contributed by atoms with Gasteiger partial charge in [0.25, 0.3) is 0 Å². The van der Waals surface area contributed by atoms with Crippen LogP contribution in [0.5, 0.6) is 0 Å². The second-order valence-corrected chi connectivity index (χ2v) is 6.07. The third kappa shape index (κ3) is 3.52. The van der Waals surface area contributed by atoms with Crippen LogP contribution in [0.3, 0.4) is 0 Å². The molecule has 4 heterocycles. The molecule has 0 fully saturated rings. The lowest BCUT2D eigenvalue weighted by molar-refractivity contribution is 0.393. The molecule has 0 amide bonds. The van der Waals surface area contributed by atoms with E-state index in [0.717, 1.165) is 39.5 Å². The Balaban J connectivity index is 1.75. The predicted molar refractivity (Wildman–Crippen MR) is 102 cm³/mol. The van der Waals surface area contributed by atoms with Crippen molar-refractivity contribution in [2.24, 2.45) is 0 Å². The topological polar surface area (TPSA) is 89.6 Å². The number of aromatic nitrogens is 5. The molecule has 4 rings (SSSR count). The summed E-state index contributed by atoms with van der Waals surface area (Å²) in [6.07, 6.45) is 7.07. The van der Waals surface area contributed by atoms with Gasteiger partial charge >= 0.3 is 0 Å². The van der Waals surface area contributed by atoms with E-state index in [-0.39, 0.29) is 0 Å². The smallest absolute Gasteiger partial charge is 0.223 e. The van der Waals surface area contributed by atoms with Crippen molar-refractivity contribution in [2.45, 2.75) is 20.4 Å². The van der Waals surface area contributed by atoms with Crippen LogP contribution in [0.15, 0.2) is 59.6 Å². The zero-order valence-electron chi connectivity index (χ0n) is 15.0. The van der Waals surface area contributed by atoms with Gasteiger partial charge in [-0.15, -0.1) is 0 Å². The van der Waals surface area contributed by atoms with E-state index < -0.39 is 0 Å². The van der Waals surface area contributed by atoms with Crippen LogP contribution < -0.4 is 5.32 Å². The highest BCUT2D eigenvalue weighted by Crippen LogP contribution is 2.34. The van der Waals surface area contributed by atoms with Crippen LogP contribution in [0.25, 0.3) is 22.4 Å². The van der Waals surface area contributed by atoms with Crippen molar-refractivity contribution in [3.63, 3.8) is 0 Å². The lowest BCUT2D eigenvalue weighted by Crippen LogP contribution is -2.06. The number of nitrogens with one attached hydrogen (secondary N) is 1. The maximum atomic E-state index is 5.36. The van der Waals surface area contributed by atoms with Gasteiger partial charge in [0.2, 0.25) is 5.95 Å². The Bertz CT molecular complexity index is 1030. The number of hydrogen-bond acceptors (Lipinski definition) is 7. The first-order chi connectivity index (χ1) is 13.2. The molecule has 0 aromatic carbocycles. The highest BCUT2D eigenvalue weighted by Gasteiger charge is 2.19. The van der Waals surface area contributed by atoms with Crippen molar-refractivity contribution in [1.29, 1.82) is 0 Å². The summed E-state index contributed by atoms with van der Waals surface area (Å²) in [4.78, 5) is 17.6. The normalized spacial score (nSPS) is 10.7. The first kappa shape index (κ1) is 16.8. The molecule has 0 aliphatic rings. The van der Waals surface area contributed by atoms with Crippen LogP contribution >= 0.6 is 0 Å². The molecule has 0 radical (unpaired) electrons. The molecule has 0 saturated heterocycles. The fraction of sp³-hybridized carbons (Fsp3) is 0.150. The van der Waals surface area contributed by atoms with E-state index in [1.807, 2.05) is 50.4 Å². The molecule has 0 saturated carbocycles. The lowest BCUT2D eigenvalue weighted by Gasteiger charge is -2.11. The SMILES string of the molecule is Cc1noc(C)c1-c1nc(NCc2ccccn2)ncc1-c1ccncc1. The number of rotatable bonds is 5. The van der Waals surface area contributed by atoms with Gasteiger partial charge in [-0.2, -0.15) is 0 Å². The fourth-order valence-corrected chi connectivity index (χ4v) is 2.89. The van der Waals surface area contributed by atoms with Crippen molar-refractivity contribution >= 4 is 5.95 Å². The summed E-state index contributed by atoms with van der Waals surface area (Å²) in [5, 5.41) is 7.31. The zero-order valence-corrected chi connectivity index (χ0v) is 15.0. The first-order valence-electron chi connectivity index (χ1n) is 8.57. The van der Waals surface area contributed by atoms with Gasteiger partial charge in [0.1, 0.15) is 5.76 Å². The van der Waals surface area contributed by atoms with E-state index in [2.05, 4.69) is 25.4 Å². The molecule has 4 aromatic rings. The van der Waals surface area contributed by atoms with Crippen LogP contribution in [-0.4, -0.2) is 25.1 Å². The van der Waals surface area contributed by atoms with E-state index in [1.54, 1.807) is 18.6 Å². The van der Waals surface area contributed by atoms with Gasteiger partial charge in [-0.05, 0) is 43.7 Å². The van der Waals surface area contributed by atoms with Crippen molar-refractivity contribution in [1.82, 2.24) is 25.1 Å². The second kappa shape index (κ2) is 7.33. The minimum atomic E-state index is 0.522. The summed E-state index contributed by atoms with van der Waals surface area (Å²) in [5.41, 5.74) is 5.24. The van der Waals surface area contributed by atoms with Gasteiger partial charge in [-0.3, -0.25) is 9.97 Å². The molecular weight excluding hydrogens is 340 g/mol. The van der Waals surface area contributed by atoms with E-state index in [4.69, 9.17) is 9.51 Å². The quantitative estimate of drug-likeness (QED) is 0.580. The highest BCUT2D eigenvalue weighted by molar-refractivity contribution is 5.82. The molecule has 134 valence electrons. The number of anilines is 1. The molecule has 7 nitrogen and oxygen atoms in total. The van der Waals surface area contributed by atoms with Crippen LogP contribution in [0.1, 0.15) is 17.1 Å². The minimum absolute atomic E-state index is 0.522. The number of pyridine rings is 2. The van der Waals surface area contributed by atoms with Crippen LogP contribution in [0, 0.1) is 13.8 Å². The van der Waals surface area contributed by atoms with E-state index in [0.29, 0.717) is 12.5 Å². The molecule has 1 N–H and O–H groups in total. The largest absolute Gasteiger partial charge is 0.361 e. The third-order valence-electron chi connectivity index (χ3n) is 4.20. The van der Waals surface area contributed by atoms with Gasteiger partial charge in [-0.25, -0.2) is 9.97 Å². The molecule has 27 heavy (non-hydrogen) atoms. The maximum absolute atomic E-state index is 5.36. The van der Waals surface area contributed by atoms with Crippen LogP contribution in [-0.2, 0) is 6.54 Å². The third-order valence-corrected chi connectivity index (χ3v) is 4.20. The van der Waals surface area contributed by atoms with Gasteiger partial charge in [0.05, 0.1) is 29.2 Å². The van der Waals surface area contributed by atoms with Crippen molar-refractivity contribution in [3.05, 3.63) is 72.3 Å². The Morgan fingerprint density at radius 3 is 2.56 bits per heavy atom. The van der Waals surface area contributed by atoms with E-state index in [9.17, 15) is 0 Å². The average Bonchev–Trinajstić information content (AvgIpc) is 3.06. The molecular formula is C20H18N6O. The molecule has 7 heteroatoms. The second-order valence-electron chi connectivity index (χ2n) is 6.07. The van der Waals surface area contributed by atoms with Crippen molar-refractivity contribution in [3.8, 4) is 22.4 Å². The molecule has 0 spiro atoms. The van der Waals surface area contributed by atoms with Crippen molar-refractivity contribution in [2.75, 3.05) is 5.32 Å². The number of aryl methyl sites for hydroxylation is 2. The molecule has 0 aliphatic carbocycles. The minimum Gasteiger partial charge on any atom is -0.361 e. The Kier molecular flexibility index (Phi) is 4.57. The summed E-state index contributed by atoms with van der Waals surface area (Å²) < 4.78 is 5.36. The van der Waals surface area contributed by atoms with Crippen LogP contribution in [0.2, 0.25) is 0 Å². The van der Waals surface area contributed by atoms with E-state index >= 15 is 0 Å². The Morgan fingerprint density at radius 2 is 1.85 bits per heavy atom. The average molecular weight is 358 g/mol. The summed E-state index contributed by atoms with van der Waals surface area (Å²) in [5.74, 6) is 1.24. The molecule has 4 aromatic heterocycles. The molecule has 0 aliphatic heterocycles. The molecule has 0 unspecified atom stereocenters.